The Balaban J connectivity index is 1.92. The van der Waals surface area contributed by atoms with Gasteiger partial charge in [0.05, 0.1) is 25.3 Å². The predicted octanol–water partition coefficient (Wildman–Crippen LogP) is 2.22. The number of aliphatic carboxylic acids is 1. The zero-order valence-electron chi connectivity index (χ0n) is 15.2. The lowest BCUT2D eigenvalue weighted by molar-refractivity contribution is -0.138. The molecule has 1 aliphatic heterocycles. The van der Waals surface area contributed by atoms with Crippen LogP contribution in [0, 0.1) is 0 Å². The number of nitrogens with one attached hydrogen (secondary N) is 1. The van der Waals surface area contributed by atoms with E-state index < -0.39 is 5.97 Å². The Morgan fingerprint density at radius 1 is 1.50 bits per heavy atom. The third-order valence-corrected chi connectivity index (χ3v) is 4.54. The maximum absolute atomic E-state index is 12.7. The zero-order chi connectivity index (χ0) is 19.1. The van der Waals surface area contributed by atoms with Crippen molar-refractivity contribution in [2.75, 3.05) is 39.8 Å². The lowest BCUT2D eigenvalue weighted by atomic mass is 10.0. The van der Waals surface area contributed by atoms with Crippen molar-refractivity contribution in [3.05, 3.63) is 34.9 Å². The van der Waals surface area contributed by atoms with Gasteiger partial charge in [0.1, 0.15) is 0 Å². The van der Waals surface area contributed by atoms with Crippen LogP contribution in [0.4, 0.5) is 4.79 Å². The van der Waals surface area contributed by atoms with Gasteiger partial charge >= 0.3 is 12.0 Å². The van der Waals surface area contributed by atoms with Gasteiger partial charge in [-0.2, -0.15) is 0 Å². The summed E-state index contributed by atoms with van der Waals surface area (Å²) >= 11 is 6.05. The van der Waals surface area contributed by atoms with Crippen molar-refractivity contribution in [2.45, 2.75) is 25.5 Å². The highest BCUT2D eigenvalue weighted by Gasteiger charge is 2.26. The van der Waals surface area contributed by atoms with Crippen LogP contribution in [-0.4, -0.2) is 72.8 Å². The van der Waals surface area contributed by atoms with E-state index in [0.717, 1.165) is 12.0 Å². The van der Waals surface area contributed by atoms with Crippen molar-refractivity contribution in [3.8, 4) is 0 Å². The van der Waals surface area contributed by atoms with Gasteiger partial charge in [-0.05, 0) is 31.2 Å². The van der Waals surface area contributed by atoms with E-state index in [4.69, 9.17) is 21.4 Å². The average Bonchev–Trinajstić information content (AvgIpc) is 2.58. The van der Waals surface area contributed by atoms with Crippen LogP contribution in [0.25, 0.3) is 0 Å². The van der Waals surface area contributed by atoms with E-state index in [1.54, 1.807) is 22.9 Å². The Bertz CT molecular complexity index is 628. The topological polar surface area (TPSA) is 82.1 Å². The molecule has 7 nitrogen and oxygen atoms in total. The molecule has 2 N–H and O–H groups in total. The molecule has 0 bridgehead atoms. The summed E-state index contributed by atoms with van der Waals surface area (Å²) in [5.41, 5.74) is 0.972. The van der Waals surface area contributed by atoms with E-state index in [-0.39, 0.29) is 24.7 Å². The Morgan fingerprint density at radius 3 is 2.92 bits per heavy atom. The highest BCUT2D eigenvalue weighted by molar-refractivity contribution is 6.30. The van der Waals surface area contributed by atoms with Crippen LogP contribution in [0.5, 0.6) is 0 Å². The number of ether oxygens (including phenoxy) is 1. The van der Waals surface area contributed by atoms with Gasteiger partial charge in [0.2, 0.25) is 0 Å². The third-order valence-electron chi connectivity index (χ3n) is 4.30. The number of carbonyl (C=O) groups excluding carboxylic acids is 1. The van der Waals surface area contributed by atoms with Crippen LogP contribution in [0.3, 0.4) is 0 Å². The van der Waals surface area contributed by atoms with E-state index in [2.05, 4.69) is 5.32 Å². The molecule has 2 amide bonds. The maximum Gasteiger partial charge on any atom is 0.318 e. The molecule has 8 heteroatoms. The average molecular weight is 384 g/mol. The smallest absolute Gasteiger partial charge is 0.318 e. The van der Waals surface area contributed by atoms with Crippen LogP contribution in [0.2, 0.25) is 5.02 Å². The Morgan fingerprint density at radius 2 is 2.27 bits per heavy atom. The van der Waals surface area contributed by atoms with E-state index in [1.807, 2.05) is 25.1 Å². The fourth-order valence-corrected chi connectivity index (χ4v) is 3.24. The van der Waals surface area contributed by atoms with Gasteiger partial charge < -0.3 is 20.1 Å². The Labute approximate surface area is 158 Å². The van der Waals surface area contributed by atoms with Crippen molar-refractivity contribution >= 4 is 23.6 Å². The first-order chi connectivity index (χ1) is 12.4. The summed E-state index contributed by atoms with van der Waals surface area (Å²) in [5.74, 6) is -0.884. The number of hydrogen-bond acceptors (Lipinski definition) is 4. The number of hydrogen-bond donors (Lipinski definition) is 2. The number of likely N-dealkylation sites (N-methyl/N-ethyl adjacent to an activating group) is 1. The van der Waals surface area contributed by atoms with Crippen molar-refractivity contribution in [3.63, 3.8) is 0 Å². The molecule has 0 spiro atoms. The molecule has 144 valence electrons. The summed E-state index contributed by atoms with van der Waals surface area (Å²) in [5, 5.41) is 12.5. The lowest BCUT2D eigenvalue weighted by Gasteiger charge is -2.35. The number of benzene rings is 1. The largest absolute Gasteiger partial charge is 0.480 e. The number of amides is 2. The van der Waals surface area contributed by atoms with E-state index in [0.29, 0.717) is 31.3 Å². The van der Waals surface area contributed by atoms with Gasteiger partial charge in [-0.25, -0.2) is 4.79 Å². The quantitative estimate of drug-likeness (QED) is 0.754. The van der Waals surface area contributed by atoms with Gasteiger partial charge in [0.25, 0.3) is 0 Å². The normalized spacial score (nSPS) is 18.6. The maximum atomic E-state index is 12.7. The molecule has 0 radical (unpaired) electrons. The molecule has 1 aliphatic rings. The molecule has 26 heavy (non-hydrogen) atoms. The highest BCUT2D eigenvalue weighted by atomic mass is 35.5. The molecule has 0 aromatic heterocycles. The van der Waals surface area contributed by atoms with Gasteiger partial charge in [-0.15, -0.1) is 0 Å². The zero-order valence-corrected chi connectivity index (χ0v) is 15.9. The first-order valence-electron chi connectivity index (χ1n) is 8.72. The summed E-state index contributed by atoms with van der Waals surface area (Å²) < 4.78 is 5.67. The number of rotatable bonds is 7. The van der Waals surface area contributed by atoms with Crippen LogP contribution in [-0.2, 0) is 9.53 Å². The fraction of sp³-hybridized carbons (Fsp3) is 0.556. The summed E-state index contributed by atoms with van der Waals surface area (Å²) in [6, 6.07) is 7.22. The van der Waals surface area contributed by atoms with Crippen molar-refractivity contribution in [1.82, 2.24) is 15.1 Å². The minimum Gasteiger partial charge on any atom is -0.480 e. The van der Waals surface area contributed by atoms with Crippen molar-refractivity contribution in [1.29, 1.82) is 0 Å². The molecular formula is C18H26ClN3O4. The minimum absolute atomic E-state index is 0.0568. The molecule has 2 atom stereocenters. The van der Waals surface area contributed by atoms with Gasteiger partial charge in [-0.3, -0.25) is 9.69 Å². The number of halogens is 1. The Kier molecular flexibility index (Phi) is 7.68. The number of carboxylic acids is 1. The molecule has 0 saturated carbocycles. The van der Waals surface area contributed by atoms with Gasteiger partial charge in [-0.1, -0.05) is 30.7 Å². The predicted molar refractivity (Wildman–Crippen MR) is 99.5 cm³/mol. The fourth-order valence-electron chi connectivity index (χ4n) is 3.04. The highest BCUT2D eigenvalue weighted by Crippen LogP contribution is 2.21. The summed E-state index contributed by atoms with van der Waals surface area (Å²) in [6.45, 7) is 3.79. The lowest BCUT2D eigenvalue weighted by Crippen LogP contribution is -2.52. The molecule has 1 heterocycles. The second-order valence-corrected chi connectivity index (χ2v) is 6.93. The van der Waals surface area contributed by atoms with Gasteiger partial charge in [0.15, 0.2) is 0 Å². The molecule has 1 saturated heterocycles. The molecule has 1 aromatic carbocycles. The summed E-state index contributed by atoms with van der Waals surface area (Å²) in [4.78, 5) is 26.8. The standard InChI is InChI=1S/C18H26ClN3O4/c1-3-16(13-5-4-6-14(19)9-13)20-18(25)22-7-8-26-15(11-22)10-21(2)12-17(23)24/h4-6,9,15-16H,3,7-8,10-12H2,1-2H3,(H,20,25)(H,23,24). The van der Waals surface area contributed by atoms with E-state index >= 15 is 0 Å². The van der Waals surface area contributed by atoms with E-state index in [1.165, 1.54) is 0 Å². The monoisotopic (exact) mass is 383 g/mol. The summed E-state index contributed by atoms with van der Waals surface area (Å²) in [7, 11) is 1.72. The molecule has 1 fully saturated rings. The van der Waals surface area contributed by atoms with Crippen LogP contribution < -0.4 is 5.32 Å². The molecular weight excluding hydrogens is 358 g/mol. The van der Waals surface area contributed by atoms with Crippen molar-refractivity contribution < 1.29 is 19.4 Å². The Hall–Kier alpha value is -1.83. The number of morpholine rings is 1. The minimum atomic E-state index is -0.884. The summed E-state index contributed by atoms with van der Waals surface area (Å²) in [6.07, 6.45) is 0.548. The first kappa shape index (κ1) is 20.5. The molecule has 1 aromatic rings. The van der Waals surface area contributed by atoms with Gasteiger partial charge in [0, 0.05) is 24.7 Å². The van der Waals surface area contributed by atoms with E-state index in [9.17, 15) is 9.59 Å². The first-order valence-corrected chi connectivity index (χ1v) is 9.09. The number of urea groups is 1. The van der Waals surface area contributed by atoms with Crippen LogP contribution in [0.15, 0.2) is 24.3 Å². The SMILES string of the molecule is CCC(NC(=O)N1CCOC(CN(C)CC(=O)O)C1)c1cccc(Cl)c1. The number of carbonyl (C=O) groups is 2. The molecule has 2 rings (SSSR count). The molecule has 2 unspecified atom stereocenters. The molecule has 0 aliphatic carbocycles. The second kappa shape index (κ2) is 9.75. The van der Waals surface area contributed by atoms with Crippen LogP contribution in [0.1, 0.15) is 24.9 Å². The third kappa shape index (κ3) is 6.16. The number of carboxylic acid groups (broad SMARTS) is 1. The number of nitrogens with zero attached hydrogens (tertiary/aromatic N) is 2. The van der Waals surface area contributed by atoms with Crippen LogP contribution >= 0.6 is 11.6 Å². The second-order valence-electron chi connectivity index (χ2n) is 6.49. The van der Waals surface area contributed by atoms with Crippen molar-refractivity contribution in [2.24, 2.45) is 0 Å².